The van der Waals surface area contributed by atoms with Gasteiger partial charge in [0.1, 0.15) is 5.02 Å². The summed E-state index contributed by atoms with van der Waals surface area (Å²) < 4.78 is 5.64. The van der Waals surface area contributed by atoms with Crippen molar-refractivity contribution < 1.29 is 24.2 Å². The highest BCUT2D eigenvalue weighted by atomic mass is 35.5. The van der Waals surface area contributed by atoms with Crippen LogP contribution < -0.4 is 26.0 Å². The Kier molecular flexibility index (Phi) is 11.4. The van der Waals surface area contributed by atoms with Crippen LogP contribution in [-0.4, -0.2) is 53.7 Å². The van der Waals surface area contributed by atoms with Gasteiger partial charge in [0.05, 0.1) is 11.4 Å². The summed E-state index contributed by atoms with van der Waals surface area (Å²) in [7, 11) is 0. The molecule has 184 valence electrons. The lowest BCUT2D eigenvalue weighted by Gasteiger charge is -2.17. The zero-order chi connectivity index (χ0) is 24.9. The summed E-state index contributed by atoms with van der Waals surface area (Å²) in [6, 6.07) is 8.13. The van der Waals surface area contributed by atoms with Crippen molar-refractivity contribution in [3.63, 3.8) is 0 Å². The monoisotopic (exact) mass is 511 g/mol. The Hall–Kier alpha value is -3.08. The molecule has 0 saturated heterocycles. The molecule has 0 unspecified atom stereocenters. The number of carbonyl (C=O) groups is 3. The summed E-state index contributed by atoms with van der Waals surface area (Å²) in [6.07, 6.45) is 1.02. The summed E-state index contributed by atoms with van der Waals surface area (Å²) >= 11 is 11.9. The van der Waals surface area contributed by atoms with E-state index in [1.807, 2.05) is 6.07 Å². The molecular formula is C22H27Cl2N5O5. The predicted octanol–water partition coefficient (Wildman–Crippen LogP) is 3.05. The van der Waals surface area contributed by atoms with Crippen LogP contribution in [0, 0.1) is 0 Å². The molecule has 0 saturated carbocycles. The van der Waals surface area contributed by atoms with Gasteiger partial charge in [0.25, 0.3) is 5.91 Å². The molecule has 3 amide bonds. The fourth-order valence-corrected chi connectivity index (χ4v) is 3.19. The average Bonchev–Trinajstić information content (AvgIpc) is 2.79. The summed E-state index contributed by atoms with van der Waals surface area (Å²) in [5.41, 5.74) is 1.34. The van der Waals surface area contributed by atoms with Gasteiger partial charge in [0.15, 0.2) is 6.10 Å². The van der Waals surface area contributed by atoms with E-state index in [2.05, 4.69) is 26.3 Å². The standard InChI is InChI=1S/C22H27Cl2N5O5/c1-2-18(34-21-17(24)11-15(23)13-28-21)20(32)27-12-14-4-3-5-16(10-14)29-22(33)26-9-8-25-7-6-19(30)31/h3-5,10-11,13,18,25H,2,6-9,12H2,1H3,(H,27,32)(H,30,31)(H2,26,29,33)/t18-/m1/s1. The fourth-order valence-electron chi connectivity index (χ4n) is 2.77. The molecule has 34 heavy (non-hydrogen) atoms. The average molecular weight is 512 g/mol. The highest BCUT2D eigenvalue weighted by Crippen LogP contribution is 2.25. The number of carbonyl (C=O) groups excluding carboxylic acids is 2. The van der Waals surface area contributed by atoms with Gasteiger partial charge in [0.2, 0.25) is 5.88 Å². The second-order valence-electron chi connectivity index (χ2n) is 7.15. The van der Waals surface area contributed by atoms with E-state index in [0.29, 0.717) is 36.8 Å². The van der Waals surface area contributed by atoms with Crippen LogP contribution in [-0.2, 0) is 16.1 Å². The molecule has 0 spiro atoms. The largest absolute Gasteiger partial charge is 0.481 e. The molecule has 5 N–H and O–H groups in total. The summed E-state index contributed by atoms with van der Waals surface area (Å²) in [5.74, 6) is -1.08. The molecule has 1 heterocycles. The van der Waals surface area contributed by atoms with Crippen LogP contribution in [0.15, 0.2) is 36.5 Å². The van der Waals surface area contributed by atoms with Gasteiger partial charge < -0.3 is 31.1 Å². The van der Waals surface area contributed by atoms with Gasteiger partial charge in [0, 0.05) is 38.1 Å². The fraction of sp³-hybridized carbons (Fsp3) is 0.364. The number of hydrogen-bond donors (Lipinski definition) is 5. The van der Waals surface area contributed by atoms with Crippen LogP contribution in [0.4, 0.5) is 10.5 Å². The first-order valence-corrected chi connectivity index (χ1v) is 11.4. The highest BCUT2D eigenvalue weighted by molar-refractivity contribution is 6.35. The van der Waals surface area contributed by atoms with Crippen LogP contribution in [0.2, 0.25) is 10.0 Å². The minimum atomic E-state index is -0.880. The molecule has 12 heteroatoms. The number of nitrogens with one attached hydrogen (secondary N) is 4. The maximum absolute atomic E-state index is 12.6. The third-order valence-corrected chi connectivity index (χ3v) is 4.92. The third-order valence-electron chi connectivity index (χ3n) is 4.45. The number of aromatic nitrogens is 1. The zero-order valence-electron chi connectivity index (χ0n) is 18.6. The maximum atomic E-state index is 12.6. The van der Waals surface area contributed by atoms with Crippen molar-refractivity contribution in [3.05, 3.63) is 52.1 Å². The zero-order valence-corrected chi connectivity index (χ0v) is 20.1. The van der Waals surface area contributed by atoms with Crippen molar-refractivity contribution in [2.45, 2.75) is 32.4 Å². The Labute approximate surface area is 207 Å². The quantitative estimate of drug-likeness (QED) is 0.260. The van der Waals surface area contributed by atoms with Crippen LogP contribution in [0.1, 0.15) is 25.3 Å². The minimum Gasteiger partial charge on any atom is -0.481 e. The van der Waals surface area contributed by atoms with Gasteiger partial charge in [-0.3, -0.25) is 9.59 Å². The van der Waals surface area contributed by atoms with E-state index in [-0.39, 0.29) is 29.8 Å². The van der Waals surface area contributed by atoms with E-state index < -0.39 is 18.1 Å². The van der Waals surface area contributed by atoms with E-state index in [0.717, 1.165) is 5.56 Å². The lowest BCUT2D eigenvalue weighted by Crippen LogP contribution is -2.37. The molecule has 2 rings (SSSR count). The van der Waals surface area contributed by atoms with E-state index in [1.54, 1.807) is 25.1 Å². The van der Waals surface area contributed by atoms with Crippen LogP contribution in [0.25, 0.3) is 0 Å². The highest BCUT2D eigenvalue weighted by Gasteiger charge is 2.20. The van der Waals surface area contributed by atoms with Gasteiger partial charge in [-0.25, -0.2) is 9.78 Å². The topological polar surface area (TPSA) is 142 Å². The molecule has 0 aliphatic rings. The number of benzene rings is 1. The number of anilines is 1. The molecule has 10 nitrogen and oxygen atoms in total. The summed E-state index contributed by atoms with van der Waals surface area (Å²) in [6.45, 7) is 3.15. The SMILES string of the molecule is CC[C@@H](Oc1ncc(Cl)cc1Cl)C(=O)NCc1cccc(NC(=O)NCCNCCC(=O)O)c1. The van der Waals surface area contributed by atoms with E-state index >= 15 is 0 Å². The third kappa shape index (κ3) is 9.82. The van der Waals surface area contributed by atoms with Gasteiger partial charge in [-0.1, -0.05) is 42.3 Å². The Morgan fingerprint density at radius 1 is 1.12 bits per heavy atom. The number of aliphatic carboxylic acids is 1. The first-order valence-electron chi connectivity index (χ1n) is 10.6. The molecule has 2 aromatic rings. The second-order valence-corrected chi connectivity index (χ2v) is 7.99. The molecular weight excluding hydrogens is 485 g/mol. The van der Waals surface area contributed by atoms with Crippen molar-refractivity contribution in [3.8, 4) is 5.88 Å². The molecule has 0 aliphatic carbocycles. The van der Waals surface area contributed by atoms with Crippen molar-refractivity contribution in [1.82, 2.24) is 20.9 Å². The molecule has 1 aromatic carbocycles. The van der Waals surface area contributed by atoms with E-state index in [1.165, 1.54) is 12.3 Å². The Balaban J connectivity index is 1.79. The number of carboxylic acid groups (broad SMARTS) is 1. The van der Waals surface area contributed by atoms with Gasteiger partial charge in [-0.05, 0) is 30.2 Å². The number of rotatable bonds is 13. The first kappa shape index (κ1) is 27.2. The minimum absolute atomic E-state index is 0.0203. The van der Waals surface area contributed by atoms with Gasteiger partial charge in [-0.15, -0.1) is 0 Å². The normalized spacial score (nSPS) is 11.4. The molecule has 1 atom stereocenters. The number of carboxylic acids is 1. The predicted molar refractivity (Wildman–Crippen MR) is 129 cm³/mol. The molecule has 0 bridgehead atoms. The molecule has 1 aromatic heterocycles. The van der Waals surface area contributed by atoms with Crippen molar-refractivity contribution >= 4 is 46.8 Å². The Morgan fingerprint density at radius 2 is 1.91 bits per heavy atom. The number of amides is 3. The van der Waals surface area contributed by atoms with Crippen molar-refractivity contribution in [2.75, 3.05) is 25.0 Å². The number of nitrogens with zero attached hydrogens (tertiary/aromatic N) is 1. The number of halogens is 2. The smallest absolute Gasteiger partial charge is 0.319 e. The lowest BCUT2D eigenvalue weighted by molar-refractivity contribution is -0.136. The Morgan fingerprint density at radius 3 is 2.62 bits per heavy atom. The van der Waals surface area contributed by atoms with E-state index in [9.17, 15) is 14.4 Å². The van der Waals surface area contributed by atoms with Crippen LogP contribution >= 0.6 is 23.2 Å². The van der Waals surface area contributed by atoms with Crippen LogP contribution in [0.3, 0.4) is 0 Å². The number of pyridine rings is 1. The maximum Gasteiger partial charge on any atom is 0.319 e. The molecule has 0 aliphatic heterocycles. The van der Waals surface area contributed by atoms with Crippen molar-refractivity contribution in [1.29, 1.82) is 0 Å². The van der Waals surface area contributed by atoms with Gasteiger partial charge >= 0.3 is 12.0 Å². The number of urea groups is 1. The number of hydrogen-bond acceptors (Lipinski definition) is 6. The lowest BCUT2D eigenvalue weighted by atomic mass is 10.2. The van der Waals surface area contributed by atoms with Gasteiger partial charge in [-0.2, -0.15) is 0 Å². The second kappa shape index (κ2) is 14.2. The summed E-state index contributed by atoms with van der Waals surface area (Å²) in [5, 5.41) is 20.3. The van der Waals surface area contributed by atoms with Crippen LogP contribution in [0.5, 0.6) is 5.88 Å². The molecule has 0 fully saturated rings. The Bertz CT molecular complexity index is 992. The molecule has 0 radical (unpaired) electrons. The first-order chi connectivity index (χ1) is 16.3. The number of ether oxygens (including phenoxy) is 1. The van der Waals surface area contributed by atoms with E-state index in [4.69, 9.17) is 33.0 Å². The van der Waals surface area contributed by atoms with Crippen molar-refractivity contribution in [2.24, 2.45) is 0 Å². The summed E-state index contributed by atoms with van der Waals surface area (Å²) in [4.78, 5) is 39.0.